The molecule has 2 aliphatic heterocycles. The number of amides is 1. The number of carbonyl (C=O) groups is 1. The molecule has 3 rings (SSSR count). The molecule has 126 valence electrons. The van der Waals surface area contributed by atoms with E-state index in [1.165, 1.54) is 12.5 Å². The van der Waals surface area contributed by atoms with Gasteiger partial charge >= 0.3 is 0 Å². The average molecular weight is 337 g/mol. The van der Waals surface area contributed by atoms with Crippen LogP contribution in [0, 0.1) is 11.3 Å². The summed E-state index contributed by atoms with van der Waals surface area (Å²) in [5.41, 5.74) is -0.262. The van der Waals surface area contributed by atoms with E-state index in [0.29, 0.717) is 5.92 Å². The summed E-state index contributed by atoms with van der Waals surface area (Å²) in [6, 6.07) is 3.64. The van der Waals surface area contributed by atoms with Gasteiger partial charge in [-0.3, -0.25) is 4.79 Å². The van der Waals surface area contributed by atoms with Crippen LogP contribution in [0.4, 0.5) is 5.82 Å². The highest BCUT2D eigenvalue weighted by Gasteiger charge is 2.50. The molecule has 0 saturated carbocycles. The molecule has 0 radical (unpaired) electrons. The Labute approximate surface area is 137 Å². The molecule has 1 atom stereocenters. The summed E-state index contributed by atoms with van der Waals surface area (Å²) in [5, 5.41) is 3.04. The molecule has 0 spiro atoms. The van der Waals surface area contributed by atoms with E-state index in [0.717, 1.165) is 31.7 Å². The van der Waals surface area contributed by atoms with Crippen molar-refractivity contribution < 1.29 is 13.2 Å². The second-order valence-corrected chi connectivity index (χ2v) is 9.14. The van der Waals surface area contributed by atoms with Crippen LogP contribution in [0.15, 0.2) is 23.2 Å². The fourth-order valence-electron chi connectivity index (χ4n) is 3.52. The minimum atomic E-state index is -3.21. The second-order valence-electron chi connectivity index (χ2n) is 7.12. The zero-order valence-electron chi connectivity index (χ0n) is 13.7. The van der Waals surface area contributed by atoms with Crippen LogP contribution in [-0.4, -0.2) is 44.7 Å². The fraction of sp³-hybridized carbons (Fsp3) is 0.625. The Morgan fingerprint density at radius 2 is 1.91 bits per heavy atom. The van der Waals surface area contributed by atoms with E-state index >= 15 is 0 Å². The summed E-state index contributed by atoms with van der Waals surface area (Å²) in [6.45, 7) is 5.76. The van der Waals surface area contributed by atoms with Gasteiger partial charge < -0.3 is 10.2 Å². The van der Waals surface area contributed by atoms with E-state index in [9.17, 15) is 13.2 Å². The van der Waals surface area contributed by atoms with Crippen molar-refractivity contribution in [2.75, 3.05) is 24.2 Å². The maximum atomic E-state index is 11.6. The molecule has 2 fully saturated rings. The Bertz CT molecular complexity index is 705. The van der Waals surface area contributed by atoms with Crippen LogP contribution in [-0.2, 0) is 14.6 Å². The molecule has 0 aromatic carbocycles. The van der Waals surface area contributed by atoms with Gasteiger partial charge in [0.15, 0.2) is 9.84 Å². The Morgan fingerprint density at radius 1 is 1.26 bits per heavy atom. The van der Waals surface area contributed by atoms with Gasteiger partial charge in [0, 0.05) is 31.6 Å². The van der Waals surface area contributed by atoms with Crippen LogP contribution in [0.25, 0.3) is 0 Å². The highest BCUT2D eigenvalue weighted by atomic mass is 32.2. The van der Waals surface area contributed by atoms with Crippen LogP contribution in [0.5, 0.6) is 0 Å². The largest absolute Gasteiger partial charge is 0.357 e. The molecule has 1 amide bonds. The molecule has 7 heteroatoms. The third-order valence-electron chi connectivity index (χ3n) is 5.13. The first-order valence-electron chi connectivity index (χ1n) is 7.91. The van der Waals surface area contributed by atoms with Crippen LogP contribution in [0.1, 0.15) is 26.7 Å². The van der Waals surface area contributed by atoms with Gasteiger partial charge in [0.05, 0.1) is 10.3 Å². The van der Waals surface area contributed by atoms with Crippen molar-refractivity contribution in [3.8, 4) is 0 Å². The summed E-state index contributed by atoms with van der Waals surface area (Å²) < 4.78 is 23.0. The molecule has 2 saturated heterocycles. The third-order valence-corrected chi connectivity index (χ3v) is 6.23. The minimum Gasteiger partial charge on any atom is -0.357 e. The lowest BCUT2D eigenvalue weighted by atomic mass is 9.68. The Morgan fingerprint density at radius 3 is 2.35 bits per heavy atom. The van der Waals surface area contributed by atoms with Crippen molar-refractivity contribution in [3.05, 3.63) is 18.3 Å². The summed E-state index contributed by atoms with van der Waals surface area (Å²) in [5.74, 6) is 1.45. The zero-order valence-corrected chi connectivity index (χ0v) is 14.6. The number of piperidine rings is 1. The topological polar surface area (TPSA) is 79.4 Å². The molecule has 23 heavy (non-hydrogen) atoms. The normalized spacial score (nSPS) is 24.9. The monoisotopic (exact) mass is 337 g/mol. The van der Waals surface area contributed by atoms with Gasteiger partial charge in [0.1, 0.15) is 5.82 Å². The summed E-state index contributed by atoms with van der Waals surface area (Å²) in [4.78, 5) is 18.3. The summed E-state index contributed by atoms with van der Waals surface area (Å²) in [6.07, 6.45) is 4.61. The number of anilines is 1. The third kappa shape index (κ3) is 2.94. The van der Waals surface area contributed by atoms with Crippen molar-refractivity contribution in [2.45, 2.75) is 37.6 Å². The quantitative estimate of drug-likeness (QED) is 0.839. The predicted molar refractivity (Wildman–Crippen MR) is 88.0 cm³/mol. The second kappa shape index (κ2) is 5.47. The minimum absolute atomic E-state index is 0.142. The number of β-lactam (4-membered cyclic amide) rings is 1. The van der Waals surface area contributed by atoms with Crippen molar-refractivity contribution >= 4 is 21.6 Å². The van der Waals surface area contributed by atoms with Crippen molar-refractivity contribution in [1.82, 2.24) is 10.3 Å². The number of rotatable bonds is 3. The summed E-state index contributed by atoms with van der Waals surface area (Å²) in [7, 11) is -3.21. The molecule has 6 nitrogen and oxygen atoms in total. The van der Waals surface area contributed by atoms with E-state index in [1.807, 2.05) is 13.8 Å². The summed E-state index contributed by atoms with van der Waals surface area (Å²) >= 11 is 0. The van der Waals surface area contributed by atoms with Crippen molar-refractivity contribution in [3.63, 3.8) is 0 Å². The Hall–Kier alpha value is -1.63. The average Bonchev–Trinajstić information content (AvgIpc) is 2.52. The van der Waals surface area contributed by atoms with Crippen LogP contribution >= 0.6 is 0 Å². The molecule has 3 heterocycles. The number of hydrogen-bond acceptors (Lipinski definition) is 5. The van der Waals surface area contributed by atoms with Gasteiger partial charge in [0.2, 0.25) is 5.91 Å². The number of pyridine rings is 1. The van der Waals surface area contributed by atoms with Gasteiger partial charge in [0.25, 0.3) is 0 Å². The maximum absolute atomic E-state index is 11.6. The predicted octanol–water partition coefficient (Wildman–Crippen LogP) is 1.23. The van der Waals surface area contributed by atoms with E-state index in [4.69, 9.17) is 0 Å². The molecular formula is C16H23N3O3S. The number of hydrogen-bond donors (Lipinski definition) is 1. The van der Waals surface area contributed by atoms with Gasteiger partial charge in [-0.25, -0.2) is 13.4 Å². The molecule has 0 bridgehead atoms. The first-order valence-corrected chi connectivity index (χ1v) is 9.81. The molecule has 0 aliphatic carbocycles. The highest BCUT2D eigenvalue weighted by molar-refractivity contribution is 7.90. The molecule has 2 aliphatic rings. The number of nitrogens with one attached hydrogen (secondary N) is 1. The number of sulfone groups is 1. The van der Waals surface area contributed by atoms with E-state index in [1.54, 1.807) is 12.1 Å². The zero-order chi connectivity index (χ0) is 16.8. The lowest BCUT2D eigenvalue weighted by molar-refractivity contribution is -0.145. The first kappa shape index (κ1) is 16.2. The van der Waals surface area contributed by atoms with Gasteiger partial charge in [-0.1, -0.05) is 0 Å². The van der Waals surface area contributed by atoms with Crippen molar-refractivity contribution in [1.29, 1.82) is 0 Å². The lowest BCUT2D eigenvalue weighted by Gasteiger charge is -2.50. The number of aromatic nitrogens is 1. The highest BCUT2D eigenvalue weighted by Crippen LogP contribution is 2.38. The van der Waals surface area contributed by atoms with Crippen LogP contribution < -0.4 is 10.2 Å². The van der Waals surface area contributed by atoms with Crippen LogP contribution in [0.2, 0.25) is 0 Å². The SMILES string of the molecule is CC1(C)C(=O)N[C@H]1C1CCN(c2ccc(S(C)(=O)=O)cn2)CC1. The Kier molecular flexibility index (Phi) is 3.86. The standard InChI is InChI=1S/C16H23N3O3S/c1-16(2)14(18-15(16)20)11-6-8-19(9-7-11)13-5-4-12(10-17-13)23(3,21)22/h4-5,10-11,14H,6-9H2,1-3H3,(H,18,20)/t14-/m0/s1. The Balaban J connectivity index is 1.62. The van der Waals surface area contributed by atoms with Gasteiger partial charge in [-0.2, -0.15) is 0 Å². The molecule has 1 N–H and O–H groups in total. The lowest BCUT2D eigenvalue weighted by Crippen LogP contribution is -2.67. The van der Waals surface area contributed by atoms with Crippen molar-refractivity contribution in [2.24, 2.45) is 11.3 Å². The van der Waals surface area contributed by atoms with E-state index in [-0.39, 0.29) is 22.3 Å². The smallest absolute Gasteiger partial charge is 0.228 e. The number of nitrogens with zero attached hydrogens (tertiary/aromatic N) is 2. The fourth-order valence-corrected chi connectivity index (χ4v) is 4.08. The first-order chi connectivity index (χ1) is 10.7. The molecule has 1 aromatic rings. The molecule has 1 aromatic heterocycles. The molecular weight excluding hydrogens is 314 g/mol. The van der Waals surface area contributed by atoms with E-state index in [2.05, 4.69) is 15.2 Å². The maximum Gasteiger partial charge on any atom is 0.228 e. The van der Waals surface area contributed by atoms with Gasteiger partial charge in [-0.05, 0) is 44.7 Å². The molecule has 0 unspecified atom stereocenters. The van der Waals surface area contributed by atoms with E-state index < -0.39 is 9.84 Å². The van der Waals surface area contributed by atoms with Gasteiger partial charge in [-0.15, -0.1) is 0 Å². The van der Waals surface area contributed by atoms with Crippen LogP contribution in [0.3, 0.4) is 0 Å². The number of carbonyl (C=O) groups excluding carboxylic acids is 1.